The minimum atomic E-state index is -0.507. The highest BCUT2D eigenvalue weighted by molar-refractivity contribution is 6.30. The van der Waals surface area contributed by atoms with Gasteiger partial charge in [0.2, 0.25) is 5.91 Å². The molecular weight excluding hydrogens is 478 g/mol. The standard InChI is InChI=1S/C28H36ClN3O4/c1-2-3-4-5-6-7-8-9-10-14-26(33)30-21-27(34)32-31-20-22-12-11-13-25(19-22)36-28(35)23-15-17-24(29)18-16-23/h11-13,15-20H,2-10,14,21H2,1H3,(H,30,33)(H,32,34)/b31-20+. The summed E-state index contributed by atoms with van der Waals surface area (Å²) in [6.07, 6.45) is 12.6. The van der Waals surface area contributed by atoms with Gasteiger partial charge in [-0.05, 0) is 48.4 Å². The molecule has 0 saturated carbocycles. The predicted molar refractivity (Wildman–Crippen MR) is 143 cm³/mol. The summed E-state index contributed by atoms with van der Waals surface area (Å²) in [4.78, 5) is 36.1. The van der Waals surface area contributed by atoms with Crippen molar-refractivity contribution < 1.29 is 19.1 Å². The molecule has 7 nitrogen and oxygen atoms in total. The average Bonchev–Trinajstić information content (AvgIpc) is 2.87. The number of amides is 2. The van der Waals surface area contributed by atoms with E-state index >= 15 is 0 Å². The van der Waals surface area contributed by atoms with Crippen molar-refractivity contribution in [2.75, 3.05) is 6.54 Å². The first kappa shape index (κ1) is 29.0. The van der Waals surface area contributed by atoms with E-state index in [1.165, 1.54) is 44.7 Å². The van der Waals surface area contributed by atoms with Crippen molar-refractivity contribution in [3.63, 3.8) is 0 Å². The van der Waals surface area contributed by atoms with Crippen LogP contribution in [-0.2, 0) is 9.59 Å². The van der Waals surface area contributed by atoms with Crippen LogP contribution in [0.25, 0.3) is 0 Å². The van der Waals surface area contributed by atoms with Gasteiger partial charge in [-0.25, -0.2) is 10.2 Å². The summed E-state index contributed by atoms with van der Waals surface area (Å²) in [6.45, 7) is 2.08. The molecule has 0 aliphatic rings. The minimum absolute atomic E-state index is 0.132. The molecule has 2 rings (SSSR count). The summed E-state index contributed by atoms with van der Waals surface area (Å²) in [5.74, 6) is -0.717. The average molecular weight is 514 g/mol. The fraction of sp³-hybridized carbons (Fsp3) is 0.429. The second kappa shape index (κ2) is 17.3. The highest BCUT2D eigenvalue weighted by Gasteiger charge is 2.09. The fourth-order valence-electron chi connectivity index (χ4n) is 3.49. The van der Waals surface area contributed by atoms with Crippen LogP contribution in [0.1, 0.15) is 87.1 Å². The number of nitrogens with zero attached hydrogens (tertiary/aromatic N) is 1. The van der Waals surface area contributed by atoms with Gasteiger partial charge >= 0.3 is 5.97 Å². The zero-order valence-corrected chi connectivity index (χ0v) is 21.7. The first-order valence-electron chi connectivity index (χ1n) is 12.6. The van der Waals surface area contributed by atoms with Crippen molar-refractivity contribution in [2.24, 2.45) is 5.10 Å². The fourth-order valence-corrected chi connectivity index (χ4v) is 3.62. The molecule has 0 bridgehead atoms. The normalized spacial score (nSPS) is 10.8. The van der Waals surface area contributed by atoms with Crippen molar-refractivity contribution in [1.29, 1.82) is 0 Å². The van der Waals surface area contributed by atoms with Crippen molar-refractivity contribution in [2.45, 2.75) is 71.1 Å². The number of carbonyl (C=O) groups excluding carboxylic acids is 3. The van der Waals surface area contributed by atoms with Gasteiger partial charge in [-0.1, -0.05) is 82.0 Å². The molecule has 0 atom stereocenters. The molecule has 0 saturated heterocycles. The topological polar surface area (TPSA) is 96.9 Å². The van der Waals surface area contributed by atoms with E-state index in [0.29, 0.717) is 28.3 Å². The van der Waals surface area contributed by atoms with Crippen LogP contribution in [0, 0.1) is 0 Å². The van der Waals surface area contributed by atoms with E-state index in [0.717, 1.165) is 19.3 Å². The Kier molecular flexibility index (Phi) is 13.9. The Morgan fingerprint density at radius 2 is 1.56 bits per heavy atom. The van der Waals surface area contributed by atoms with Gasteiger partial charge in [-0.3, -0.25) is 9.59 Å². The maximum atomic E-state index is 12.2. The highest BCUT2D eigenvalue weighted by atomic mass is 35.5. The number of esters is 1. The van der Waals surface area contributed by atoms with Gasteiger partial charge in [0, 0.05) is 11.4 Å². The van der Waals surface area contributed by atoms with E-state index in [-0.39, 0.29) is 12.5 Å². The van der Waals surface area contributed by atoms with E-state index in [9.17, 15) is 14.4 Å². The molecule has 0 fully saturated rings. The van der Waals surface area contributed by atoms with Crippen molar-refractivity contribution >= 4 is 35.6 Å². The number of carbonyl (C=O) groups is 3. The van der Waals surface area contributed by atoms with Crippen LogP contribution in [-0.4, -0.2) is 30.5 Å². The predicted octanol–water partition coefficient (Wildman–Crippen LogP) is 6.05. The van der Waals surface area contributed by atoms with E-state index in [2.05, 4.69) is 22.8 Å². The van der Waals surface area contributed by atoms with Gasteiger partial charge < -0.3 is 10.1 Å². The summed E-state index contributed by atoms with van der Waals surface area (Å²) in [5, 5.41) is 7.05. The van der Waals surface area contributed by atoms with Crippen LogP contribution in [0.3, 0.4) is 0 Å². The quantitative estimate of drug-likeness (QED) is 0.0938. The van der Waals surface area contributed by atoms with Gasteiger partial charge in [-0.2, -0.15) is 5.10 Å². The molecule has 2 aromatic carbocycles. The number of benzene rings is 2. The number of unbranched alkanes of at least 4 members (excludes halogenated alkanes) is 8. The van der Waals surface area contributed by atoms with Crippen LogP contribution in [0.5, 0.6) is 5.75 Å². The number of rotatable bonds is 16. The smallest absolute Gasteiger partial charge is 0.343 e. The number of hydrazone groups is 1. The molecule has 0 aliphatic heterocycles. The van der Waals surface area contributed by atoms with Crippen LogP contribution in [0.15, 0.2) is 53.6 Å². The molecule has 2 amide bonds. The number of ether oxygens (including phenoxy) is 1. The van der Waals surface area contributed by atoms with E-state index in [1.807, 2.05) is 0 Å². The lowest BCUT2D eigenvalue weighted by Crippen LogP contribution is -2.34. The summed E-state index contributed by atoms with van der Waals surface area (Å²) in [7, 11) is 0. The number of hydrogen-bond donors (Lipinski definition) is 2. The van der Waals surface area contributed by atoms with Crippen molar-refractivity contribution in [3.8, 4) is 5.75 Å². The molecule has 2 aromatic rings. The third-order valence-corrected chi connectivity index (χ3v) is 5.76. The third-order valence-electron chi connectivity index (χ3n) is 5.50. The molecule has 0 aromatic heterocycles. The largest absolute Gasteiger partial charge is 0.423 e. The van der Waals surface area contributed by atoms with Gasteiger partial charge in [-0.15, -0.1) is 0 Å². The van der Waals surface area contributed by atoms with Gasteiger partial charge in [0.1, 0.15) is 5.75 Å². The first-order valence-corrected chi connectivity index (χ1v) is 13.0. The SMILES string of the molecule is CCCCCCCCCCCC(=O)NCC(=O)N/N=C/c1cccc(OC(=O)c2ccc(Cl)cc2)c1. The molecule has 36 heavy (non-hydrogen) atoms. The highest BCUT2D eigenvalue weighted by Crippen LogP contribution is 2.16. The van der Waals surface area contributed by atoms with Gasteiger partial charge in [0.25, 0.3) is 5.91 Å². The molecule has 194 valence electrons. The monoisotopic (exact) mass is 513 g/mol. The Balaban J connectivity index is 1.62. The zero-order chi connectivity index (χ0) is 26.0. The lowest BCUT2D eigenvalue weighted by Gasteiger charge is -2.06. The minimum Gasteiger partial charge on any atom is -0.423 e. The summed E-state index contributed by atoms with van der Waals surface area (Å²) in [6, 6.07) is 13.1. The third kappa shape index (κ3) is 12.5. The van der Waals surface area contributed by atoms with E-state index < -0.39 is 11.9 Å². The Morgan fingerprint density at radius 3 is 2.25 bits per heavy atom. The van der Waals surface area contributed by atoms with Crippen molar-refractivity contribution in [1.82, 2.24) is 10.7 Å². The molecule has 0 spiro atoms. The number of nitrogens with one attached hydrogen (secondary N) is 2. The molecule has 2 N–H and O–H groups in total. The Labute approximate surface area is 218 Å². The Morgan fingerprint density at radius 1 is 0.889 bits per heavy atom. The molecule has 0 aliphatic carbocycles. The second-order valence-corrected chi connectivity index (χ2v) is 9.05. The van der Waals surface area contributed by atoms with E-state index in [4.69, 9.17) is 16.3 Å². The molecule has 0 heterocycles. The summed E-state index contributed by atoms with van der Waals surface area (Å²) >= 11 is 5.84. The van der Waals surface area contributed by atoms with Crippen LogP contribution in [0.2, 0.25) is 5.02 Å². The Bertz CT molecular complexity index is 993. The number of hydrogen-bond acceptors (Lipinski definition) is 5. The Hall–Kier alpha value is -3.19. The second-order valence-electron chi connectivity index (χ2n) is 8.62. The maximum Gasteiger partial charge on any atom is 0.343 e. The molecule has 8 heteroatoms. The van der Waals surface area contributed by atoms with Gasteiger partial charge in [0.15, 0.2) is 0 Å². The first-order chi connectivity index (χ1) is 17.5. The van der Waals surface area contributed by atoms with Crippen LogP contribution >= 0.6 is 11.6 Å². The maximum absolute atomic E-state index is 12.2. The number of halogens is 1. The van der Waals surface area contributed by atoms with Gasteiger partial charge in [0.05, 0.1) is 18.3 Å². The molecule has 0 radical (unpaired) electrons. The summed E-state index contributed by atoms with van der Waals surface area (Å²) < 4.78 is 5.37. The lowest BCUT2D eigenvalue weighted by atomic mass is 10.1. The van der Waals surface area contributed by atoms with Crippen LogP contribution in [0.4, 0.5) is 0 Å². The van der Waals surface area contributed by atoms with Crippen LogP contribution < -0.4 is 15.5 Å². The molecule has 0 unspecified atom stereocenters. The lowest BCUT2D eigenvalue weighted by molar-refractivity contribution is -0.126. The zero-order valence-electron chi connectivity index (χ0n) is 20.9. The van der Waals surface area contributed by atoms with Crippen molar-refractivity contribution in [3.05, 3.63) is 64.7 Å². The van der Waals surface area contributed by atoms with E-state index in [1.54, 1.807) is 48.5 Å². The molecular formula is C28H36ClN3O4. The summed E-state index contributed by atoms with van der Waals surface area (Å²) in [5.41, 5.74) is 3.39.